The van der Waals surface area contributed by atoms with E-state index in [9.17, 15) is 27.1 Å². The number of oxazole rings is 1. The van der Waals surface area contributed by atoms with Gasteiger partial charge in [0.05, 0.1) is 30.0 Å². The SMILES string of the molecule is CCCS(=O)(=O)Nc1nc(CC(=O)N[C@@H](Cc2cc(F)cc(F)c2)[C@H](O)CNCc2cccc(CC)c2)co1. The minimum absolute atomic E-state index is 0.0323. The van der Waals surface area contributed by atoms with Crippen molar-refractivity contribution in [2.24, 2.45) is 0 Å². The van der Waals surface area contributed by atoms with E-state index in [1.54, 1.807) is 6.92 Å². The van der Waals surface area contributed by atoms with Crippen LogP contribution in [0.2, 0.25) is 0 Å². The number of aromatic nitrogens is 1. The van der Waals surface area contributed by atoms with Crippen LogP contribution in [0.25, 0.3) is 0 Å². The molecule has 0 saturated carbocycles. The minimum Gasteiger partial charge on any atom is -0.431 e. The summed E-state index contributed by atoms with van der Waals surface area (Å²) in [4.78, 5) is 16.8. The summed E-state index contributed by atoms with van der Waals surface area (Å²) >= 11 is 0. The summed E-state index contributed by atoms with van der Waals surface area (Å²) in [5, 5.41) is 16.8. The molecule has 0 aliphatic heterocycles. The van der Waals surface area contributed by atoms with Gasteiger partial charge in [-0.3, -0.25) is 4.79 Å². The largest absolute Gasteiger partial charge is 0.431 e. The second-order valence-corrected chi connectivity index (χ2v) is 11.1. The number of carbonyl (C=O) groups is 1. The van der Waals surface area contributed by atoms with Crippen LogP contribution in [0.1, 0.15) is 42.7 Å². The smallest absolute Gasteiger partial charge is 0.308 e. The van der Waals surface area contributed by atoms with E-state index >= 15 is 0 Å². The molecule has 0 saturated heterocycles. The summed E-state index contributed by atoms with van der Waals surface area (Å²) in [7, 11) is -3.61. The fraction of sp³-hybridized carbons (Fsp3) is 0.407. The van der Waals surface area contributed by atoms with Gasteiger partial charge in [-0.1, -0.05) is 38.1 Å². The second-order valence-electron chi connectivity index (χ2n) is 9.27. The molecular formula is C27H34F2N4O5S. The Hall–Kier alpha value is -3.35. The molecule has 0 unspecified atom stereocenters. The van der Waals surface area contributed by atoms with Crippen molar-refractivity contribution < 1.29 is 31.5 Å². The van der Waals surface area contributed by atoms with Gasteiger partial charge in [0.15, 0.2) is 0 Å². The number of nitrogens with zero attached hydrogens (tertiary/aromatic N) is 1. The van der Waals surface area contributed by atoms with Crippen LogP contribution in [-0.2, 0) is 40.6 Å². The molecule has 212 valence electrons. The van der Waals surface area contributed by atoms with Gasteiger partial charge < -0.3 is 20.2 Å². The van der Waals surface area contributed by atoms with Gasteiger partial charge in [-0.25, -0.2) is 21.9 Å². The standard InChI is InChI=1S/C27H34F2N4O5S/c1-3-8-39(36,37)33-27-31-23(17-38-27)14-26(35)32-24(12-20-10-21(28)13-22(29)11-20)25(34)16-30-15-19-7-5-6-18(4-2)9-19/h5-7,9-11,13,17,24-25,30,34H,3-4,8,12,14-16H2,1-2H3,(H,31,33)(H,32,35)/t24-,25+/m0/s1. The molecule has 0 radical (unpaired) electrons. The normalized spacial score (nSPS) is 13.2. The van der Waals surface area contributed by atoms with Crippen molar-refractivity contribution in [3.63, 3.8) is 0 Å². The predicted molar refractivity (Wildman–Crippen MR) is 143 cm³/mol. The Kier molecular flexibility index (Phi) is 11.0. The Morgan fingerprint density at radius 3 is 2.49 bits per heavy atom. The highest BCUT2D eigenvalue weighted by Gasteiger charge is 2.23. The van der Waals surface area contributed by atoms with E-state index in [4.69, 9.17) is 4.42 Å². The first-order chi connectivity index (χ1) is 18.6. The maximum absolute atomic E-state index is 13.8. The lowest BCUT2D eigenvalue weighted by molar-refractivity contribution is -0.122. The van der Waals surface area contributed by atoms with Gasteiger partial charge in [0.25, 0.3) is 0 Å². The van der Waals surface area contributed by atoms with Gasteiger partial charge in [-0.2, -0.15) is 4.98 Å². The van der Waals surface area contributed by atoms with E-state index in [1.165, 1.54) is 5.56 Å². The maximum Gasteiger partial charge on any atom is 0.308 e. The summed E-state index contributed by atoms with van der Waals surface area (Å²) < 4.78 is 58.7. The van der Waals surface area contributed by atoms with Gasteiger partial charge in [0, 0.05) is 19.2 Å². The number of carbonyl (C=O) groups excluding carboxylic acids is 1. The van der Waals surface area contributed by atoms with Crippen LogP contribution in [0.3, 0.4) is 0 Å². The molecule has 0 bridgehead atoms. The monoisotopic (exact) mass is 564 g/mol. The van der Waals surface area contributed by atoms with Crippen LogP contribution < -0.4 is 15.4 Å². The van der Waals surface area contributed by atoms with Crippen molar-refractivity contribution in [1.82, 2.24) is 15.6 Å². The number of nitrogens with one attached hydrogen (secondary N) is 3. The maximum atomic E-state index is 13.8. The Labute approximate surface area is 227 Å². The molecular weight excluding hydrogens is 530 g/mol. The average molecular weight is 565 g/mol. The third-order valence-electron chi connectivity index (χ3n) is 5.88. The number of benzene rings is 2. The number of hydrogen-bond acceptors (Lipinski definition) is 7. The molecule has 2 atom stereocenters. The van der Waals surface area contributed by atoms with Crippen molar-refractivity contribution in [3.05, 3.63) is 82.7 Å². The number of aliphatic hydroxyl groups excluding tert-OH is 1. The molecule has 0 aliphatic carbocycles. The molecule has 1 aromatic heterocycles. The highest BCUT2D eigenvalue weighted by molar-refractivity contribution is 7.92. The van der Waals surface area contributed by atoms with E-state index in [2.05, 4.69) is 33.3 Å². The molecule has 3 rings (SSSR count). The number of anilines is 1. The first kappa shape index (κ1) is 30.2. The van der Waals surface area contributed by atoms with Crippen LogP contribution in [0.4, 0.5) is 14.8 Å². The van der Waals surface area contributed by atoms with Crippen molar-refractivity contribution in [2.45, 2.75) is 58.2 Å². The van der Waals surface area contributed by atoms with E-state index in [-0.39, 0.29) is 42.4 Å². The number of amides is 1. The van der Waals surface area contributed by atoms with E-state index in [1.807, 2.05) is 18.2 Å². The number of hydrogen-bond donors (Lipinski definition) is 4. The Bertz CT molecular complexity index is 1330. The molecule has 0 aliphatic rings. The Balaban J connectivity index is 1.65. The third-order valence-corrected chi connectivity index (χ3v) is 7.31. The lowest BCUT2D eigenvalue weighted by Crippen LogP contribution is -2.49. The van der Waals surface area contributed by atoms with Crippen LogP contribution in [0.5, 0.6) is 0 Å². The van der Waals surface area contributed by atoms with Gasteiger partial charge in [-0.15, -0.1) is 0 Å². The van der Waals surface area contributed by atoms with Gasteiger partial charge >= 0.3 is 6.01 Å². The third kappa shape index (κ3) is 10.0. The Morgan fingerprint density at radius 1 is 1.08 bits per heavy atom. The number of aliphatic hydroxyl groups is 1. The molecule has 39 heavy (non-hydrogen) atoms. The zero-order valence-electron chi connectivity index (χ0n) is 21.9. The van der Waals surface area contributed by atoms with Crippen molar-refractivity contribution in [3.8, 4) is 0 Å². The van der Waals surface area contributed by atoms with Gasteiger partial charge in [0.1, 0.15) is 17.9 Å². The quantitative estimate of drug-likeness (QED) is 0.223. The molecule has 2 aromatic carbocycles. The zero-order valence-corrected chi connectivity index (χ0v) is 22.7. The molecule has 9 nitrogen and oxygen atoms in total. The summed E-state index contributed by atoms with van der Waals surface area (Å²) in [6, 6.07) is 9.89. The lowest BCUT2D eigenvalue weighted by atomic mass is 10.00. The highest BCUT2D eigenvalue weighted by atomic mass is 32.2. The number of rotatable bonds is 15. The number of aryl methyl sites for hydroxylation is 1. The minimum atomic E-state index is -3.61. The fourth-order valence-electron chi connectivity index (χ4n) is 4.04. The van der Waals surface area contributed by atoms with E-state index in [0.29, 0.717) is 13.0 Å². The second kappa shape index (κ2) is 14.2. The number of sulfonamides is 1. The summed E-state index contributed by atoms with van der Waals surface area (Å²) in [6.45, 7) is 4.36. The van der Waals surface area contributed by atoms with Crippen molar-refractivity contribution in [2.75, 3.05) is 17.0 Å². The molecule has 0 spiro atoms. The first-order valence-electron chi connectivity index (χ1n) is 12.7. The molecule has 1 amide bonds. The van der Waals surface area contributed by atoms with Crippen molar-refractivity contribution in [1.29, 1.82) is 0 Å². The fourth-order valence-corrected chi connectivity index (χ4v) is 5.04. The van der Waals surface area contributed by atoms with Crippen LogP contribution in [-0.4, -0.2) is 48.9 Å². The highest BCUT2D eigenvalue weighted by Crippen LogP contribution is 2.14. The average Bonchev–Trinajstić information content (AvgIpc) is 3.28. The molecule has 1 heterocycles. The number of halogens is 2. The molecule has 4 N–H and O–H groups in total. The summed E-state index contributed by atoms with van der Waals surface area (Å²) in [5.74, 6) is -2.18. The molecule has 0 fully saturated rings. The van der Waals surface area contributed by atoms with Gasteiger partial charge in [0.2, 0.25) is 15.9 Å². The Morgan fingerprint density at radius 2 is 1.79 bits per heavy atom. The van der Waals surface area contributed by atoms with Crippen LogP contribution in [0.15, 0.2) is 53.1 Å². The topological polar surface area (TPSA) is 134 Å². The van der Waals surface area contributed by atoms with Crippen LogP contribution in [0, 0.1) is 11.6 Å². The predicted octanol–water partition coefficient (Wildman–Crippen LogP) is 3.09. The van der Waals surface area contributed by atoms with E-state index in [0.717, 1.165) is 36.4 Å². The summed E-state index contributed by atoms with van der Waals surface area (Å²) in [5.41, 5.74) is 2.65. The van der Waals surface area contributed by atoms with E-state index < -0.39 is 39.7 Å². The van der Waals surface area contributed by atoms with Gasteiger partial charge in [-0.05, 0) is 48.1 Å². The molecule has 12 heteroatoms. The summed E-state index contributed by atoms with van der Waals surface area (Å²) in [6.07, 6.45) is 1.06. The van der Waals surface area contributed by atoms with Crippen LogP contribution >= 0.6 is 0 Å². The van der Waals surface area contributed by atoms with Crippen molar-refractivity contribution >= 4 is 21.9 Å². The molecule has 3 aromatic rings. The zero-order chi connectivity index (χ0) is 28.4. The lowest BCUT2D eigenvalue weighted by Gasteiger charge is -2.25. The first-order valence-corrected chi connectivity index (χ1v) is 14.4.